The van der Waals surface area contributed by atoms with Gasteiger partial charge >= 0.3 is 0 Å². The van der Waals surface area contributed by atoms with Crippen molar-refractivity contribution in [3.8, 4) is 11.5 Å². The van der Waals surface area contributed by atoms with Crippen LogP contribution >= 0.6 is 0 Å². The normalized spacial score (nSPS) is 13.0. The molecule has 3 rings (SSSR count). The highest BCUT2D eigenvalue weighted by Crippen LogP contribution is 2.30. The van der Waals surface area contributed by atoms with Gasteiger partial charge in [-0.1, -0.05) is 0 Å². The van der Waals surface area contributed by atoms with Gasteiger partial charge in [-0.3, -0.25) is 4.79 Å². The van der Waals surface area contributed by atoms with Crippen LogP contribution < -0.4 is 19.7 Å². The molecule has 1 amide bonds. The molecule has 0 atom stereocenters. The van der Waals surface area contributed by atoms with Gasteiger partial charge in [0.2, 0.25) is 0 Å². The Labute approximate surface area is 148 Å². The molecule has 0 spiro atoms. The maximum atomic E-state index is 12.5. The van der Waals surface area contributed by atoms with E-state index in [1.54, 1.807) is 18.2 Å². The van der Waals surface area contributed by atoms with E-state index in [4.69, 9.17) is 9.47 Å². The number of rotatable bonds is 5. The third-order valence-electron chi connectivity index (χ3n) is 4.26. The van der Waals surface area contributed by atoms with Crippen LogP contribution in [-0.2, 0) is 0 Å². The molecule has 0 aromatic heterocycles. The monoisotopic (exact) mass is 340 g/mol. The third-order valence-corrected chi connectivity index (χ3v) is 4.26. The van der Waals surface area contributed by atoms with Crippen LogP contribution in [0.1, 0.15) is 30.6 Å². The van der Waals surface area contributed by atoms with Gasteiger partial charge in [0.25, 0.3) is 5.91 Å². The first-order valence-electron chi connectivity index (χ1n) is 8.77. The highest BCUT2D eigenvalue weighted by Gasteiger charge is 2.14. The molecular weight excluding hydrogens is 316 g/mol. The maximum Gasteiger partial charge on any atom is 0.255 e. The lowest BCUT2D eigenvalue weighted by molar-refractivity contribution is 0.102. The Balaban J connectivity index is 1.71. The van der Waals surface area contributed by atoms with Gasteiger partial charge in [-0.2, -0.15) is 0 Å². The number of hydrogen-bond acceptors (Lipinski definition) is 4. The largest absolute Gasteiger partial charge is 0.490 e. The van der Waals surface area contributed by atoms with E-state index in [0.29, 0.717) is 30.3 Å². The van der Waals surface area contributed by atoms with Crippen molar-refractivity contribution in [2.45, 2.75) is 20.3 Å². The fourth-order valence-corrected chi connectivity index (χ4v) is 2.85. The van der Waals surface area contributed by atoms with Gasteiger partial charge in [-0.15, -0.1) is 0 Å². The van der Waals surface area contributed by atoms with Crippen molar-refractivity contribution < 1.29 is 14.3 Å². The highest BCUT2D eigenvalue weighted by atomic mass is 16.5. The summed E-state index contributed by atoms with van der Waals surface area (Å²) in [7, 11) is 0. The fraction of sp³-hybridized carbons (Fsp3) is 0.350. The van der Waals surface area contributed by atoms with E-state index in [1.165, 1.54) is 0 Å². The van der Waals surface area contributed by atoms with Gasteiger partial charge in [0.1, 0.15) is 0 Å². The van der Waals surface area contributed by atoms with E-state index in [2.05, 4.69) is 24.1 Å². The molecule has 0 unspecified atom stereocenters. The molecule has 5 heteroatoms. The second-order valence-corrected chi connectivity index (χ2v) is 5.89. The predicted octanol–water partition coefficient (Wildman–Crippen LogP) is 3.95. The summed E-state index contributed by atoms with van der Waals surface area (Å²) in [6, 6.07) is 13.2. The number of fused-ring (bicyclic) bond motifs is 1. The zero-order valence-corrected chi connectivity index (χ0v) is 14.7. The Bertz CT molecular complexity index is 724. The number of ether oxygens (including phenoxy) is 2. The number of carbonyl (C=O) groups is 1. The summed E-state index contributed by atoms with van der Waals surface area (Å²) in [6.07, 6.45) is 0.842. The SMILES string of the molecule is CCN(CC)c1ccc(NC(=O)c2ccc3c(c2)OCCCO3)cc1. The van der Waals surface area contributed by atoms with Crippen molar-refractivity contribution in [3.05, 3.63) is 48.0 Å². The van der Waals surface area contributed by atoms with Gasteiger partial charge < -0.3 is 19.7 Å². The predicted molar refractivity (Wildman–Crippen MR) is 100 cm³/mol. The Hall–Kier alpha value is -2.69. The number of nitrogens with one attached hydrogen (secondary N) is 1. The highest BCUT2D eigenvalue weighted by molar-refractivity contribution is 6.04. The van der Waals surface area contributed by atoms with Crippen molar-refractivity contribution >= 4 is 17.3 Å². The van der Waals surface area contributed by atoms with Gasteiger partial charge in [-0.05, 0) is 56.3 Å². The van der Waals surface area contributed by atoms with Crippen molar-refractivity contribution in [2.24, 2.45) is 0 Å². The van der Waals surface area contributed by atoms with Crippen LogP contribution in [-0.4, -0.2) is 32.2 Å². The van der Waals surface area contributed by atoms with Crippen LogP contribution in [0.3, 0.4) is 0 Å². The number of hydrogen-bond donors (Lipinski definition) is 1. The average molecular weight is 340 g/mol. The quantitative estimate of drug-likeness (QED) is 0.895. The standard InChI is InChI=1S/C20H24N2O3/c1-3-22(4-2)17-9-7-16(8-10-17)21-20(23)15-6-11-18-19(14-15)25-13-5-12-24-18/h6-11,14H,3-5,12-13H2,1-2H3,(H,21,23). The molecule has 132 valence electrons. The summed E-state index contributed by atoms with van der Waals surface area (Å²) in [6.45, 7) is 7.41. The minimum absolute atomic E-state index is 0.161. The van der Waals surface area contributed by atoms with E-state index >= 15 is 0 Å². The number of carbonyl (C=O) groups excluding carboxylic acids is 1. The molecule has 0 saturated heterocycles. The van der Waals surface area contributed by atoms with Crippen molar-refractivity contribution in [1.29, 1.82) is 0 Å². The van der Waals surface area contributed by atoms with Gasteiger partial charge in [0, 0.05) is 36.4 Å². The Morgan fingerprint density at radius 3 is 2.36 bits per heavy atom. The van der Waals surface area contributed by atoms with E-state index in [9.17, 15) is 4.79 Å². The molecule has 5 nitrogen and oxygen atoms in total. The number of anilines is 2. The number of amides is 1. The lowest BCUT2D eigenvalue weighted by Gasteiger charge is -2.21. The van der Waals surface area contributed by atoms with Gasteiger partial charge in [-0.25, -0.2) is 0 Å². The summed E-state index contributed by atoms with van der Waals surface area (Å²) < 4.78 is 11.2. The van der Waals surface area contributed by atoms with Crippen LogP contribution in [0.25, 0.3) is 0 Å². The summed E-state index contributed by atoms with van der Waals surface area (Å²) >= 11 is 0. The first kappa shape index (κ1) is 17.1. The zero-order valence-electron chi connectivity index (χ0n) is 14.7. The van der Waals surface area contributed by atoms with E-state index in [1.807, 2.05) is 24.3 Å². The second kappa shape index (κ2) is 7.92. The summed E-state index contributed by atoms with van der Waals surface area (Å²) in [4.78, 5) is 14.8. The molecule has 1 N–H and O–H groups in total. The molecule has 1 aliphatic heterocycles. The van der Waals surface area contributed by atoms with Crippen LogP contribution in [0, 0.1) is 0 Å². The Morgan fingerprint density at radius 2 is 1.68 bits per heavy atom. The summed E-state index contributed by atoms with van der Waals surface area (Å²) in [5.74, 6) is 1.16. The Kier molecular flexibility index (Phi) is 5.43. The first-order chi connectivity index (χ1) is 12.2. The summed E-state index contributed by atoms with van der Waals surface area (Å²) in [5, 5.41) is 2.93. The maximum absolute atomic E-state index is 12.5. The topological polar surface area (TPSA) is 50.8 Å². The molecule has 25 heavy (non-hydrogen) atoms. The number of benzene rings is 2. The Morgan fingerprint density at radius 1 is 1.00 bits per heavy atom. The second-order valence-electron chi connectivity index (χ2n) is 5.89. The van der Waals surface area contributed by atoms with Gasteiger partial charge in [0.15, 0.2) is 11.5 Å². The molecule has 1 heterocycles. The lowest BCUT2D eigenvalue weighted by Crippen LogP contribution is -2.21. The fourth-order valence-electron chi connectivity index (χ4n) is 2.85. The van der Waals surface area contributed by atoms with E-state index in [0.717, 1.165) is 30.9 Å². The molecule has 0 bridgehead atoms. The van der Waals surface area contributed by atoms with Gasteiger partial charge in [0.05, 0.1) is 13.2 Å². The van der Waals surface area contributed by atoms with Crippen molar-refractivity contribution in [1.82, 2.24) is 0 Å². The molecule has 0 aliphatic carbocycles. The van der Waals surface area contributed by atoms with Crippen molar-refractivity contribution in [2.75, 3.05) is 36.5 Å². The smallest absolute Gasteiger partial charge is 0.255 e. The molecule has 1 aliphatic rings. The third kappa shape index (κ3) is 4.05. The van der Waals surface area contributed by atoms with Crippen molar-refractivity contribution in [3.63, 3.8) is 0 Å². The molecular formula is C20H24N2O3. The summed E-state index contributed by atoms with van der Waals surface area (Å²) in [5.41, 5.74) is 2.48. The molecule has 0 saturated carbocycles. The van der Waals surface area contributed by atoms with Crippen LogP contribution in [0.5, 0.6) is 11.5 Å². The zero-order chi connectivity index (χ0) is 17.6. The van der Waals surface area contributed by atoms with Crippen LogP contribution in [0.2, 0.25) is 0 Å². The average Bonchev–Trinajstić information content (AvgIpc) is 2.88. The minimum atomic E-state index is -0.161. The van der Waals surface area contributed by atoms with E-state index in [-0.39, 0.29) is 5.91 Å². The molecule has 0 radical (unpaired) electrons. The number of nitrogens with zero attached hydrogens (tertiary/aromatic N) is 1. The van der Waals surface area contributed by atoms with E-state index < -0.39 is 0 Å². The van der Waals surface area contributed by atoms with Crippen LogP contribution in [0.15, 0.2) is 42.5 Å². The molecule has 2 aromatic carbocycles. The lowest BCUT2D eigenvalue weighted by atomic mass is 10.1. The molecule has 0 fully saturated rings. The molecule has 2 aromatic rings. The van der Waals surface area contributed by atoms with Crippen LogP contribution in [0.4, 0.5) is 11.4 Å². The first-order valence-corrected chi connectivity index (χ1v) is 8.77. The minimum Gasteiger partial charge on any atom is -0.490 e.